The van der Waals surface area contributed by atoms with Crippen LogP contribution in [0, 0.1) is 19.8 Å². The number of amides is 2. The molecule has 0 N–H and O–H groups in total. The van der Waals surface area contributed by atoms with Gasteiger partial charge in [-0.05, 0) is 37.8 Å². The number of benzene rings is 1. The van der Waals surface area contributed by atoms with Crippen molar-refractivity contribution >= 4 is 22.7 Å². The zero-order valence-corrected chi connectivity index (χ0v) is 16.7. The number of hydrogen-bond acceptors (Lipinski definition) is 2. The molecule has 1 aliphatic heterocycles. The van der Waals surface area contributed by atoms with Gasteiger partial charge in [-0.2, -0.15) is 0 Å². The van der Waals surface area contributed by atoms with E-state index in [1.54, 1.807) is 4.90 Å². The summed E-state index contributed by atoms with van der Waals surface area (Å²) in [6.07, 6.45) is 0. The van der Waals surface area contributed by atoms with Crippen LogP contribution in [0.3, 0.4) is 0 Å². The Bertz CT molecular complexity index is 866. The van der Waals surface area contributed by atoms with Gasteiger partial charge in [0.1, 0.15) is 11.7 Å². The van der Waals surface area contributed by atoms with E-state index in [2.05, 4.69) is 32.9 Å². The molecule has 2 aromatic rings. The molecule has 3 rings (SSSR count). The van der Waals surface area contributed by atoms with E-state index in [-0.39, 0.29) is 11.8 Å². The monoisotopic (exact) mass is 355 g/mol. The minimum Gasteiger partial charge on any atom is -0.339 e. The van der Waals surface area contributed by atoms with Crippen LogP contribution >= 0.6 is 0 Å². The molecule has 140 valence electrons. The van der Waals surface area contributed by atoms with Gasteiger partial charge in [0.25, 0.3) is 5.91 Å². The van der Waals surface area contributed by atoms with E-state index in [9.17, 15) is 9.59 Å². The summed E-state index contributed by atoms with van der Waals surface area (Å²) in [5.41, 5.74) is 3.91. The maximum absolute atomic E-state index is 13.3. The van der Waals surface area contributed by atoms with Gasteiger partial charge in [0.05, 0.1) is 5.52 Å². The molecule has 1 fully saturated rings. The van der Waals surface area contributed by atoms with Crippen LogP contribution in [0.4, 0.5) is 0 Å². The van der Waals surface area contributed by atoms with Gasteiger partial charge in [-0.3, -0.25) is 9.59 Å². The Balaban J connectivity index is 1.95. The highest BCUT2D eigenvalue weighted by Crippen LogP contribution is 2.29. The second kappa shape index (κ2) is 6.78. The molecule has 1 unspecified atom stereocenters. The quantitative estimate of drug-likeness (QED) is 0.849. The van der Waals surface area contributed by atoms with Crippen molar-refractivity contribution < 1.29 is 9.59 Å². The number of piperazine rings is 1. The first kappa shape index (κ1) is 18.5. The summed E-state index contributed by atoms with van der Waals surface area (Å²) in [4.78, 5) is 29.7. The summed E-state index contributed by atoms with van der Waals surface area (Å²) in [6.45, 7) is 12.1. The molecule has 0 bridgehead atoms. The van der Waals surface area contributed by atoms with Crippen molar-refractivity contribution in [1.29, 1.82) is 0 Å². The topological polar surface area (TPSA) is 45.6 Å². The van der Waals surface area contributed by atoms with Crippen molar-refractivity contribution in [2.45, 2.75) is 40.7 Å². The number of nitrogens with zero attached hydrogens (tertiary/aromatic N) is 3. The van der Waals surface area contributed by atoms with Crippen molar-refractivity contribution in [3.63, 3.8) is 0 Å². The van der Waals surface area contributed by atoms with Crippen molar-refractivity contribution in [3.05, 3.63) is 35.0 Å². The van der Waals surface area contributed by atoms with E-state index >= 15 is 0 Å². The Morgan fingerprint density at radius 1 is 1.23 bits per heavy atom. The fraction of sp³-hybridized carbons (Fsp3) is 0.524. The third-order valence-corrected chi connectivity index (χ3v) is 5.46. The lowest BCUT2D eigenvalue weighted by molar-refractivity contribution is -0.140. The number of aromatic nitrogens is 1. The van der Waals surface area contributed by atoms with Crippen LogP contribution in [0.1, 0.15) is 42.4 Å². The molecule has 1 aromatic carbocycles. The van der Waals surface area contributed by atoms with E-state index in [1.165, 1.54) is 0 Å². The van der Waals surface area contributed by atoms with Crippen LogP contribution in [-0.2, 0) is 11.8 Å². The molecule has 1 aliphatic rings. The second-order valence-electron chi connectivity index (χ2n) is 7.86. The first-order chi connectivity index (χ1) is 12.2. The summed E-state index contributed by atoms with van der Waals surface area (Å²) in [6, 6.07) is 5.72. The number of carbonyl (C=O) groups excluding carboxylic acids is 2. The van der Waals surface area contributed by atoms with Crippen molar-refractivity contribution in [1.82, 2.24) is 14.4 Å². The highest BCUT2D eigenvalue weighted by molar-refractivity contribution is 6.04. The van der Waals surface area contributed by atoms with Crippen LogP contribution in [0.25, 0.3) is 10.9 Å². The molecule has 2 amide bonds. The molecular weight excluding hydrogens is 326 g/mol. The largest absolute Gasteiger partial charge is 0.339 e. The molecule has 0 spiro atoms. The molecule has 1 saturated heterocycles. The highest BCUT2D eigenvalue weighted by Gasteiger charge is 2.36. The Morgan fingerprint density at radius 3 is 2.54 bits per heavy atom. The van der Waals surface area contributed by atoms with Gasteiger partial charge in [0.15, 0.2) is 0 Å². The number of fused-ring (bicyclic) bond motifs is 1. The Hall–Kier alpha value is -2.30. The molecule has 1 atom stereocenters. The van der Waals surface area contributed by atoms with Crippen LogP contribution in [0.2, 0.25) is 0 Å². The van der Waals surface area contributed by atoms with E-state index in [1.807, 2.05) is 36.4 Å². The summed E-state index contributed by atoms with van der Waals surface area (Å²) in [5, 5.41) is 1.10. The lowest BCUT2D eigenvalue weighted by Gasteiger charge is -2.40. The van der Waals surface area contributed by atoms with Gasteiger partial charge < -0.3 is 14.4 Å². The molecule has 1 aromatic heterocycles. The van der Waals surface area contributed by atoms with Crippen molar-refractivity contribution in [3.8, 4) is 0 Å². The predicted molar refractivity (Wildman–Crippen MR) is 104 cm³/mol. The highest BCUT2D eigenvalue weighted by atomic mass is 16.2. The molecule has 0 radical (unpaired) electrons. The van der Waals surface area contributed by atoms with Gasteiger partial charge in [0.2, 0.25) is 5.91 Å². The molecule has 0 saturated carbocycles. The average molecular weight is 355 g/mol. The summed E-state index contributed by atoms with van der Waals surface area (Å²) < 4.78 is 1.99. The summed E-state index contributed by atoms with van der Waals surface area (Å²) in [7, 11) is 1.94. The Morgan fingerprint density at radius 2 is 1.92 bits per heavy atom. The second-order valence-corrected chi connectivity index (χ2v) is 7.86. The Labute approximate surface area is 155 Å². The smallest absolute Gasteiger partial charge is 0.271 e. The third kappa shape index (κ3) is 2.89. The molecule has 0 aliphatic carbocycles. The zero-order chi connectivity index (χ0) is 19.2. The molecule has 5 nitrogen and oxygen atoms in total. The van der Waals surface area contributed by atoms with Crippen molar-refractivity contribution in [2.75, 3.05) is 19.6 Å². The number of carbonyl (C=O) groups is 2. The minimum absolute atomic E-state index is 0.0471. The average Bonchev–Trinajstić information content (AvgIpc) is 2.83. The van der Waals surface area contributed by atoms with Gasteiger partial charge in [0, 0.05) is 32.1 Å². The predicted octanol–water partition coefficient (Wildman–Crippen LogP) is 3.12. The summed E-state index contributed by atoms with van der Waals surface area (Å²) >= 11 is 0. The molecule has 26 heavy (non-hydrogen) atoms. The standard InChI is InChI=1S/C21H29N3O2/c1-13(2)12-23-10-11-24(16(5)20(23)25)21(26)19-15(4)17-9-7-8-14(3)18(17)22(19)6/h7-9,13,16H,10-12H2,1-6H3. The van der Waals surface area contributed by atoms with E-state index < -0.39 is 6.04 Å². The van der Waals surface area contributed by atoms with E-state index in [0.29, 0.717) is 24.7 Å². The minimum atomic E-state index is -0.423. The number of aryl methyl sites for hydroxylation is 3. The van der Waals surface area contributed by atoms with Gasteiger partial charge >= 0.3 is 0 Å². The maximum atomic E-state index is 13.3. The van der Waals surface area contributed by atoms with E-state index in [4.69, 9.17) is 0 Å². The van der Waals surface area contributed by atoms with Crippen LogP contribution < -0.4 is 0 Å². The number of para-hydroxylation sites is 1. The lowest BCUT2D eigenvalue weighted by Crippen LogP contribution is -2.58. The van der Waals surface area contributed by atoms with Gasteiger partial charge in [-0.15, -0.1) is 0 Å². The molecular formula is C21H29N3O2. The summed E-state index contributed by atoms with van der Waals surface area (Å²) in [5.74, 6) is 0.424. The Kier molecular flexibility index (Phi) is 4.82. The molecule has 2 heterocycles. The first-order valence-corrected chi connectivity index (χ1v) is 9.38. The van der Waals surface area contributed by atoms with E-state index in [0.717, 1.165) is 28.6 Å². The normalized spacial score (nSPS) is 18.3. The number of hydrogen-bond donors (Lipinski definition) is 0. The zero-order valence-electron chi connectivity index (χ0n) is 16.7. The van der Waals surface area contributed by atoms with Crippen LogP contribution in [-0.4, -0.2) is 51.9 Å². The fourth-order valence-corrected chi connectivity index (χ4v) is 4.17. The first-order valence-electron chi connectivity index (χ1n) is 9.38. The van der Waals surface area contributed by atoms with Gasteiger partial charge in [-0.25, -0.2) is 0 Å². The number of rotatable bonds is 3. The van der Waals surface area contributed by atoms with Crippen molar-refractivity contribution in [2.24, 2.45) is 13.0 Å². The fourth-order valence-electron chi connectivity index (χ4n) is 4.17. The van der Waals surface area contributed by atoms with Crippen LogP contribution in [0.15, 0.2) is 18.2 Å². The lowest BCUT2D eigenvalue weighted by atomic mass is 10.1. The molecule has 5 heteroatoms. The third-order valence-electron chi connectivity index (χ3n) is 5.46. The van der Waals surface area contributed by atoms with Crippen LogP contribution in [0.5, 0.6) is 0 Å². The van der Waals surface area contributed by atoms with Gasteiger partial charge in [-0.1, -0.05) is 32.0 Å². The SMILES string of the molecule is Cc1c(C(=O)N2CCN(CC(C)C)C(=O)C2C)n(C)c2c(C)cccc12. The maximum Gasteiger partial charge on any atom is 0.271 e.